The molecule has 0 aromatic carbocycles. The fourth-order valence-corrected chi connectivity index (χ4v) is 5.17. The van der Waals surface area contributed by atoms with Crippen molar-refractivity contribution in [3.63, 3.8) is 0 Å². The maximum atomic E-state index is 12.0. The molecule has 0 heterocycles. The van der Waals surface area contributed by atoms with Gasteiger partial charge < -0.3 is 0 Å². The minimum atomic E-state index is -3.39. The Hall–Kier alpha value is -0.140. The van der Waals surface area contributed by atoms with Gasteiger partial charge in [-0.05, 0) is 38.5 Å². The van der Waals surface area contributed by atoms with Gasteiger partial charge in [0.2, 0.25) is 10.0 Å². The Morgan fingerprint density at radius 2 is 1.21 bits per heavy atom. The maximum Gasteiger partial charge on any atom is 0.211 e. The molecule has 7 heteroatoms. The van der Waals surface area contributed by atoms with E-state index >= 15 is 0 Å². The Morgan fingerprint density at radius 3 is 1.42 bits per heavy atom. The molecule has 0 amide bonds. The zero-order chi connectivity index (χ0) is 17.3. The highest BCUT2D eigenvalue weighted by molar-refractivity contribution is 7.90. The third kappa shape index (κ3) is 14.2. The van der Waals surface area contributed by atoms with E-state index in [2.05, 4.69) is 0 Å². The van der Waals surface area contributed by atoms with Gasteiger partial charge >= 0.3 is 0 Å². The first kappa shape index (κ1) is 31.6. The van der Waals surface area contributed by atoms with Crippen LogP contribution in [-0.4, -0.2) is 51.5 Å². The van der Waals surface area contributed by atoms with Crippen molar-refractivity contribution in [1.82, 2.24) is 4.31 Å². The zero-order valence-corrected chi connectivity index (χ0v) is 16.2. The van der Waals surface area contributed by atoms with Crippen LogP contribution < -0.4 is 0 Å². The van der Waals surface area contributed by atoms with Crippen LogP contribution in [0.4, 0.5) is 0 Å². The molecule has 0 spiro atoms. The lowest BCUT2D eigenvalue weighted by atomic mass is 9.85. The second kappa shape index (κ2) is 10.1. The monoisotopic (exact) mass is 389 g/mol. The minimum absolute atomic E-state index is 0. The van der Waals surface area contributed by atoms with Crippen LogP contribution in [0.3, 0.4) is 0 Å². The summed E-state index contributed by atoms with van der Waals surface area (Å²) in [4.78, 5) is 0. The molecule has 0 bridgehead atoms. The summed E-state index contributed by atoms with van der Waals surface area (Å²) in [6, 6.07) is 0. The number of hydrogen-bond donors (Lipinski definition) is 0. The number of sulfonamides is 1. The summed E-state index contributed by atoms with van der Waals surface area (Å²) in [5.41, 5.74) is -0.627. The summed E-state index contributed by atoms with van der Waals surface area (Å²) in [7, 11) is -6.54. The Kier molecular flexibility index (Phi) is 13.3. The Balaban J connectivity index is -0.000000667. The van der Waals surface area contributed by atoms with E-state index in [0.29, 0.717) is 6.42 Å². The van der Waals surface area contributed by atoms with Gasteiger partial charge in [-0.15, -0.1) is 0 Å². The van der Waals surface area contributed by atoms with Crippen molar-refractivity contribution >= 4 is 19.9 Å². The van der Waals surface area contributed by atoms with E-state index in [-0.39, 0.29) is 45.9 Å². The first-order valence-corrected chi connectivity index (χ1v) is 11.0. The van der Waals surface area contributed by atoms with Crippen LogP contribution in [0.2, 0.25) is 0 Å². The number of nitrogens with zero attached hydrogens (tertiary/aromatic N) is 1. The average molecular weight is 390 g/mol. The molecule has 0 aromatic rings. The summed E-state index contributed by atoms with van der Waals surface area (Å²) in [5, 5.41) is 0. The van der Waals surface area contributed by atoms with Crippen LogP contribution in [0, 0.1) is 11.3 Å². The summed E-state index contributed by atoms with van der Waals surface area (Å²) < 4.78 is 48.7. The quantitative estimate of drug-likeness (QED) is 0.687. The highest BCUT2D eigenvalue weighted by Crippen LogP contribution is 2.28. The van der Waals surface area contributed by atoms with E-state index in [1.807, 2.05) is 41.5 Å². The second-order valence-corrected chi connectivity index (χ2v) is 12.3. The lowest BCUT2D eigenvalue weighted by Crippen LogP contribution is -2.48. The van der Waals surface area contributed by atoms with E-state index in [4.69, 9.17) is 0 Å². The van der Waals surface area contributed by atoms with E-state index in [9.17, 15) is 16.8 Å². The fourth-order valence-electron chi connectivity index (χ4n) is 2.61. The minimum Gasteiger partial charge on any atom is -0.229 e. The topological polar surface area (TPSA) is 71.5 Å². The highest BCUT2D eigenvalue weighted by atomic mass is 32.2. The van der Waals surface area contributed by atoms with Crippen molar-refractivity contribution in [1.29, 1.82) is 0 Å². The van der Waals surface area contributed by atoms with E-state index in [1.54, 1.807) is 0 Å². The van der Waals surface area contributed by atoms with Crippen LogP contribution in [0.1, 0.15) is 70.2 Å². The lowest BCUT2D eigenvalue weighted by molar-refractivity contribution is 0.196. The summed E-state index contributed by atoms with van der Waals surface area (Å²) in [6.45, 7) is 11.8. The SMILES string of the molecule is C.C.C.CC(C)(C)CC(CN(C(C)(C)C)S(C)(=O)=O)CS(C)(=O)=O. The molecule has 0 N–H and O–H groups in total. The smallest absolute Gasteiger partial charge is 0.211 e. The van der Waals surface area contributed by atoms with Crippen LogP contribution in [0.15, 0.2) is 0 Å². The van der Waals surface area contributed by atoms with Gasteiger partial charge in [-0.3, -0.25) is 0 Å². The lowest BCUT2D eigenvalue weighted by Gasteiger charge is -2.37. The molecule has 152 valence electrons. The van der Waals surface area contributed by atoms with Gasteiger partial charge in [0, 0.05) is 18.3 Å². The molecule has 0 saturated heterocycles. The molecule has 0 aliphatic heterocycles. The van der Waals surface area contributed by atoms with Crippen LogP contribution in [0.25, 0.3) is 0 Å². The Labute approximate surface area is 153 Å². The van der Waals surface area contributed by atoms with Crippen LogP contribution in [-0.2, 0) is 19.9 Å². The van der Waals surface area contributed by atoms with Gasteiger partial charge in [-0.25, -0.2) is 16.8 Å². The van der Waals surface area contributed by atoms with Gasteiger partial charge in [0.1, 0.15) is 9.84 Å². The molecule has 5 nitrogen and oxygen atoms in total. The molecule has 0 saturated carbocycles. The first-order chi connectivity index (χ1) is 8.92. The van der Waals surface area contributed by atoms with Crippen molar-refractivity contribution in [3.05, 3.63) is 0 Å². The molecule has 0 radical (unpaired) electrons. The number of rotatable bonds is 6. The Bertz CT molecular complexity index is 538. The number of hydrogen-bond acceptors (Lipinski definition) is 4. The predicted molar refractivity (Wildman–Crippen MR) is 109 cm³/mol. The number of sulfone groups is 1. The summed E-state index contributed by atoms with van der Waals surface area (Å²) >= 11 is 0. The summed E-state index contributed by atoms with van der Waals surface area (Å²) in [5.74, 6) is -0.208. The van der Waals surface area contributed by atoms with Gasteiger partial charge in [0.15, 0.2) is 0 Å². The van der Waals surface area contributed by atoms with Crippen LogP contribution >= 0.6 is 0 Å². The van der Waals surface area contributed by atoms with Crippen LogP contribution in [0.5, 0.6) is 0 Å². The van der Waals surface area contributed by atoms with Gasteiger partial charge in [-0.2, -0.15) is 4.31 Å². The van der Waals surface area contributed by atoms with Crippen molar-refractivity contribution < 1.29 is 16.8 Å². The van der Waals surface area contributed by atoms with E-state index in [1.165, 1.54) is 16.8 Å². The largest absolute Gasteiger partial charge is 0.229 e. The molecule has 0 rings (SSSR count). The second-order valence-electron chi connectivity index (χ2n) is 8.19. The highest BCUT2D eigenvalue weighted by Gasteiger charge is 2.34. The molecular formula is C17H43NO4S2. The molecule has 24 heavy (non-hydrogen) atoms. The molecule has 0 aliphatic rings. The van der Waals surface area contributed by atoms with Gasteiger partial charge in [0.25, 0.3) is 0 Å². The molecule has 0 aromatic heterocycles. The molecule has 0 aliphatic carbocycles. The maximum absolute atomic E-state index is 12.0. The van der Waals surface area contributed by atoms with Gasteiger partial charge in [0.05, 0.1) is 12.0 Å². The van der Waals surface area contributed by atoms with E-state index < -0.39 is 25.4 Å². The average Bonchev–Trinajstić information content (AvgIpc) is 2.04. The molecule has 1 atom stereocenters. The van der Waals surface area contributed by atoms with Crippen molar-refractivity contribution in [2.75, 3.05) is 24.8 Å². The molecule has 0 fully saturated rings. The van der Waals surface area contributed by atoms with E-state index in [0.717, 1.165) is 0 Å². The molecular weight excluding hydrogens is 346 g/mol. The third-order valence-corrected chi connectivity index (χ3v) is 5.59. The molecule has 1 unspecified atom stereocenters. The zero-order valence-electron chi connectivity index (χ0n) is 14.6. The third-order valence-electron chi connectivity index (χ3n) is 3.01. The fraction of sp³-hybridized carbons (Fsp3) is 1.00. The standard InChI is InChI=1S/C14H31NO4S2.3CH4/c1-13(2,3)9-12(11-20(7,16)17)10-15(14(4,5)6)21(8,18)19;;;/h12H,9-11H2,1-8H3;3*1H4. The summed E-state index contributed by atoms with van der Waals surface area (Å²) in [6.07, 6.45) is 3.03. The predicted octanol–water partition coefficient (Wildman–Crippen LogP) is 4.05. The van der Waals surface area contributed by atoms with Crippen molar-refractivity contribution in [3.8, 4) is 0 Å². The Morgan fingerprint density at radius 1 is 0.833 bits per heavy atom. The van der Waals surface area contributed by atoms with Gasteiger partial charge in [-0.1, -0.05) is 43.1 Å². The van der Waals surface area contributed by atoms with Crippen molar-refractivity contribution in [2.24, 2.45) is 11.3 Å². The van der Waals surface area contributed by atoms with Crippen molar-refractivity contribution in [2.45, 2.75) is 75.8 Å². The normalized spacial score (nSPS) is 14.2. The first-order valence-electron chi connectivity index (χ1n) is 7.07.